The van der Waals surface area contributed by atoms with Crippen molar-refractivity contribution in [1.29, 1.82) is 0 Å². The molecule has 0 amide bonds. The molecule has 2 rings (SSSR count). The van der Waals surface area contributed by atoms with Gasteiger partial charge in [0.25, 0.3) is 0 Å². The second kappa shape index (κ2) is 5.63. The summed E-state index contributed by atoms with van der Waals surface area (Å²) in [6.45, 7) is 6.39. The van der Waals surface area contributed by atoms with Gasteiger partial charge >= 0.3 is 0 Å². The zero-order valence-corrected chi connectivity index (χ0v) is 12.2. The fourth-order valence-corrected chi connectivity index (χ4v) is 3.01. The summed E-state index contributed by atoms with van der Waals surface area (Å²) in [7, 11) is 2.00. The highest BCUT2D eigenvalue weighted by molar-refractivity contribution is 7.12. The number of hydrogen-bond acceptors (Lipinski definition) is 4. The van der Waals surface area contributed by atoms with Crippen LogP contribution in [0.1, 0.15) is 41.5 Å². The Morgan fingerprint density at radius 2 is 2.17 bits per heavy atom. The monoisotopic (exact) mass is 264 g/mol. The van der Waals surface area contributed by atoms with Gasteiger partial charge in [-0.25, -0.2) is 9.67 Å². The molecular formula is C13H20N4S. The summed E-state index contributed by atoms with van der Waals surface area (Å²) >= 11 is 1.84. The van der Waals surface area contributed by atoms with Gasteiger partial charge in [0.2, 0.25) is 0 Å². The molecule has 1 atom stereocenters. The van der Waals surface area contributed by atoms with E-state index in [0.29, 0.717) is 12.1 Å². The van der Waals surface area contributed by atoms with E-state index in [9.17, 15) is 0 Å². The number of nitrogens with one attached hydrogen (secondary N) is 1. The lowest BCUT2D eigenvalue weighted by atomic mass is 10.1. The van der Waals surface area contributed by atoms with E-state index in [1.54, 1.807) is 6.33 Å². The van der Waals surface area contributed by atoms with Crippen LogP contribution in [0.2, 0.25) is 0 Å². The van der Waals surface area contributed by atoms with Crippen LogP contribution in [0.3, 0.4) is 0 Å². The Kier molecular flexibility index (Phi) is 4.14. The lowest BCUT2D eigenvalue weighted by Crippen LogP contribution is -2.20. The Morgan fingerprint density at radius 3 is 2.72 bits per heavy atom. The van der Waals surface area contributed by atoms with Crippen LogP contribution in [-0.2, 0) is 6.42 Å². The minimum absolute atomic E-state index is 0.311. The van der Waals surface area contributed by atoms with Crippen LogP contribution in [0.15, 0.2) is 18.5 Å². The Labute approximate surface area is 112 Å². The average Bonchev–Trinajstić information content (AvgIpc) is 2.94. The second-order valence-electron chi connectivity index (χ2n) is 4.71. The van der Waals surface area contributed by atoms with Crippen LogP contribution in [0.25, 0.3) is 0 Å². The molecule has 0 saturated heterocycles. The summed E-state index contributed by atoms with van der Waals surface area (Å²) in [5.41, 5.74) is 0. The predicted octanol–water partition coefficient (Wildman–Crippen LogP) is 2.73. The minimum Gasteiger partial charge on any atom is -0.312 e. The number of aromatic nitrogens is 3. The number of nitrogens with zero attached hydrogens (tertiary/aromatic N) is 3. The molecule has 0 saturated carbocycles. The zero-order chi connectivity index (χ0) is 13.1. The van der Waals surface area contributed by atoms with Gasteiger partial charge in [-0.2, -0.15) is 5.10 Å². The molecule has 5 heteroatoms. The fraction of sp³-hybridized carbons (Fsp3) is 0.538. The molecular weight excluding hydrogens is 244 g/mol. The lowest BCUT2D eigenvalue weighted by molar-refractivity contribution is 0.480. The van der Waals surface area contributed by atoms with Crippen molar-refractivity contribution < 1.29 is 0 Å². The lowest BCUT2D eigenvalue weighted by Gasteiger charge is -2.16. The Morgan fingerprint density at radius 1 is 1.39 bits per heavy atom. The molecule has 0 aromatic carbocycles. The van der Waals surface area contributed by atoms with Gasteiger partial charge < -0.3 is 5.32 Å². The van der Waals surface area contributed by atoms with Crippen LogP contribution in [-0.4, -0.2) is 21.8 Å². The average molecular weight is 264 g/mol. The molecule has 0 spiro atoms. The van der Waals surface area contributed by atoms with Gasteiger partial charge in [-0.15, -0.1) is 11.3 Å². The first-order chi connectivity index (χ1) is 8.61. The normalized spacial score (nSPS) is 13.2. The van der Waals surface area contributed by atoms with E-state index in [0.717, 1.165) is 12.2 Å². The van der Waals surface area contributed by atoms with Crippen molar-refractivity contribution in [3.05, 3.63) is 34.0 Å². The molecule has 0 fully saturated rings. The molecule has 0 aliphatic heterocycles. The van der Waals surface area contributed by atoms with E-state index in [4.69, 9.17) is 0 Å². The summed E-state index contributed by atoms with van der Waals surface area (Å²) in [5, 5.41) is 7.65. The first-order valence-electron chi connectivity index (χ1n) is 6.23. The first kappa shape index (κ1) is 13.2. The third kappa shape index (κ3) is 2.79. The molecule has 98 valence electrons. The van der Waals surface area contributed by atoms with Crippen LogP contribution in [0, 0.1) is 6.92 Å². The number of likely N-dealkylation sites (N-methyl/N-ethyl adjacent to an activating group) is 1. The van der Waals surface area contributed by atoms with Crippen LogP contribution in [0.5, 0.6) is 0 Å². The molecule has 0 aliphatic carbocycles. The molecule has 0 radical (unpaired) electrons. The summed E-state index contributed by atoms with van der Waals surface area (Å²) in [6, 6.07) is 5.02. The molecule has 2 aromatic heterocycles. The van der Waals surface area contributed by atoms with Crippen molar-refractivity contribution in [2.75, 3.05) is 7.05 Å². The number of rotatable bonds is 5. The zero-order valence-electron chi connectivity index (χ0n) is 11.3. The van der Waals surface area contributed by atoms with E-state index in [1.165, 1.54) is 9.75 Å². The van der Waals surface area contributed by atoms with Gasteiger partial charge in [0.05, 0.1) is 0 Å². The molecule has 1 N–H and O–H groups in total. The maximum absolute atomic E-state index is 4.37. The number of thiophene rings is 1. The molecule has 2 aromatic rings. The smallest absolute Gasteiger partial charge is 0.138 e. The summed E-state index contributed by atoms with van der Waals surface area (Å²) in [4.78, 5) is 7.07. The van der Waals surface area contributed by atoms with Crippen molar-refractivity contribution in [2.45, 2.75) is 39.3 Å². The van der Waals surface area contributed by atoms with Crippen LogP contribution < -0.4 is 5.32 Å². The standard InChI is InChI=1S/C13H20N4S/c1-9(2)17-13(15-8-16-17)7-11(14-4)12-6-5-10(3)18-12/h5-6,8-9,11,14H,7H2,1-4H3. The minimum atomic E-state index is 0.311. The van der Waals surface area contributed by atoms with Gasteiger partial charge in [0.15, 0.2) is 0 Å². The van der Waals surface area contributed by atoms with Crippen LogP contribution in [0.4, 0.5) is 0 Å². The number of aryl methyl sites for hydroxylation is 1. The van der Waals surface area contributed by atoms with Crippen molar-refractivity contribution >= 4 is 11.3 Å². The topological polar surface area (TPSA) is 42.7 Å². The van der Waals surface area contributed by atoms with E-state index in [2.05, 4.69) is 48.3 Å². The van der Waals surface area contributed by atoms with Gasteiger partial charge in [-0.05, 0) is 40.0 Å². The van der Waals surface area contributed by atoms with Crippen LogP contribution >= 0.6 is 11.3 Å². The highest BCUT2D eigenvalue weighted by atomic mass is 32.1. The molecule has 18 heavy (non-hydrogen) atoms. The third-order valence-electron chi connectivity index (χ3n) is 2.98. The van der Waals surface area contributed by atoms with Crippen molar-refractivity contribution in [3.8, 4) is 0 Å². The molecule has 0 aliphatic rings. The quantitative estimate of drug-likeness (QED) is 0.903. The maximum atomic E-state index is 4.37. The highest BCUT2D eigenvalue weighted by Gasteiger charge is 2.16. The molecule has 1 unspecified atom stereocenters. The SMILES string of the molecule is CNC(Cc1ncnn1C(C)C)c1ccc(C)s1. The second-order valence-corrected chi connectivity index (χ2v) is 6.03. The van der Waals surface area contributed by atoms with Gasteiger partial charge in [-0.3, -0.25) is 0 Å². The molecule has 0 bridgehead atoms. The van der Waals surface area contributed by atoms with Crippen molar-refractivity contribution in [2.24, 2.45) is 0 Å². The van der Waals surface area contributed by atoms with E-state index in [1.807, 2.05) is 23.1 Å². The van der Waals surface area contributed by atoms with Gasteiger partial charge in [0, 0.05) is 28.3 Å². The van der Waals surface area contributed by atoms with Gasteiger partial charge in [0.1, 0.15) is 12.2 Å². The summed E-state index contributed by atoms with van der Waals surface area (Å²) < 4.78 is 1.99. The third-order valence-corrected chi connectivity index (χ3v) is 4.09. The molecule has 4 nitrogen and oxygen atoms in total. The number of hydrogen-bond donors (Lipinski definition) is 1. The predicted molar refractivity (Wildman–Crippen MR) is 75.0 cm³/mol. The summed E-state index contributed by atoms with van der Waals surface area (Å²) in [5.74, 6) is 1.04. The Hall–Kier alpha value is -1.20. The maximum Gasteiger partial charge on any atom is 0.138 e. The molecule has 2 heterocycles. The van der Waals surface area contributed by atoms with Gasteiger partial charge in [-0.1, -0.05) is 0 Å². The van der Waals surface area contributed by atoms with E-state index < -0.39 is 0 Å². The largest absolute Gasteiger partial charge is 0.312 e. The summed E-state index contributed by atoms with van der Waals surface area (Å²) in [6.07, 6.45) is 2.51. The highest BCUT2D eigenvalue weighted by Crippen LogP contribution is 2.25. The Bertz CT molecular complexity index is 501. The van der Waals surface area contributed by atoms with E-state index >= 15 is 0 Å². The first-order valence-corrected chi connectivity index (χ1v) is 7.05. The Balaban J connectivity index is 2.18. The van der Waals surface area contributed by atoms with Crippen molar-refractivity contribution in [1.82, 2.24) is 20.1 Å². The van der Waals surface area contributed by atoms with E-state index in [-0.39, 0.29) is 0 Å². The fourth-order valence-electron chi connectivity index (χ4n) is 2.02. The van der Waals surface area contributed by atoms with Crippen molar-refractivity contribution in [3.63, 3.8) is 0 Å².